The van der Waals surface area contributed by atoms with Gasteiger partial charge in [0.1, 0.15) is 6.23 Å². The summed E-state index contributed by atoms with van der Waals surface area (Å²) in [4.78, 5) is 21.9. The average Bonchev–Trinajstić information content (AvgIpc) is 3.59. The van der Waals surface area contributed by atoms with Crippen molar-refractivity contribution < 1.29 is 13.9 Å². The van der Waals surface area contributed by atoms with E-state index in [9.17, 15) is 9.18 Å². The summed E-state index contributed by atoms with van der Waals surface area (Å²) in [5.74, 6) is -0.0752. The van der Waals surface area contributed by atoms with Crippen molar-refractivity contribution in [1.29, 1.82) is 0 Å². The number of likely N-dealkylation sites (tertiary alicyclic amines) is 1. The lowest BCUT2D eigenvalue weighted by Gasteiger charge is -2.37. The maximum Gasteiger partial charge on any atom is 0.286 e. The van der Waals surface area contributed by atoms with Gasteiger partial charge in [-0.1, -0.05) is 50.3 Å². The van der Waals surface area contributed by atoms with Crippen molar-refractivity contribution in [2.75, 3.05) is 52.9 Å². The van der Waals surface area contributed by atoms with E-state index in [0.717, 1.165) is 18.5 Å². The second-order valence-corrected chi connectivity index (χ2v) is 10.4. The Morgan fingerprint density at radius 1 is 1.20 bits per heavy atom. The highest BCUT2D eigenvalue weighted by molar-refractivity contribution is 6.38. The lowest BCUT2D eigenvalue weighted by Crippen LogP contribution is -2.53. The molecule has 224 valence electrons. The lowest BCUT2D eigenvalue weighted by atomic mass is 9.91. The van der Waals surface area contributed by atoms with Gasteiger partial charge < -0.3 is 25.2 Å². The summed E-state index contributed by atoms with van der Waals surface area (Å²) in [5, 5.41) is 9.50. The van der Waals surface area contributed by atoms with Gasteiger partial charge in [0, 0.05) is 26.7 Å². The number of carbonyl (C=O) groups is 1. The molecule has 3 N–H and O–H groups in total. The third kappa shape index (κ3) is 10.4. The molecule has 2 heterocycles. The molecule has 9 heteroatoms. The largest absolute Gasteiger partial charge is 0.365 e. The Morgan fingerprint density at radius 3 is 2.50 bits per heavy atom. The van der Waals surface area contributed by atoms with E-state index < -0.39 is 11.6 Å². The highest BCUT2D eigenvalue weighted by atomic mass is 19.1. The molecule has 1 aromatic carbocycles. The van der Waals surface area contributed by atoms with Crippen LogP contribution in [-0.4, -0.2) is 92.3 Å². The van der Waals surface area contributed by atoms with E-state index in [2.05, 4.69) is 46.3 Å². The second kappa shape index (κ2) is 18.7. The molecule has 0 spiro atoms. The topological polar surface area (TPSA) is 81.2 Å². The van der Waals surface area contributed by atoms with Crippen LogP contribution < -0.4 is 16.0 Å². The SMILES string of the molecule is C=CC1(C)C(/C=C/F)N=C(C(=O)NCC(NCCC)OC)N1Cc1ccccc1.CCCNCCN1CCCC1. The molecule has 1 fully saturated rings. The van der Waals surface area contributed by atoms with Gasteiger partial charge in [-0.2, -0.15) is 0 Å². The van der Waals surface area contributed by atoms with Crippen molar-refractivity contribution in [3.8, 4) is 0 Å². The molecule has 2 aliphatic heterocycles. The van der Waals surface area contributed by atoms with Crippen LogP contribution in [0.3, 0.4) is 0 Å². The fourth-order valence-electron chi connectivity index (χ4n) is 4.80. The van der Waals surface area contributed by atoms with E-state index in [-0.39, 0.29) is 18.0 Å². The zero-order valence-corrected chi connectivity index (χ0v) is 25.0. The molecule has 0 saturated carbocycles. The number of nitrogens with one attached hydrogen (secondary N) is 3. The van der Waals surface area contributed by atoms with Crippen LogP contribution in [0.2, 0.25) is 0 Å². The number of hydrogen-bond acceptors (Lipinski definition) is 7. The van der Waals surface area contributed by atoms with Gasteiger partial charge in [-0.3, -0.25) is 15.1 Å². The summed E-state index contributed by atoms with van der Waals surface area (Å²) in [6.45, 7) is 17.9. The fraction of sp³-hybridized carbons (Fsp3) is 0.613. The third-order valence-electron chi connectivity index (χ3n) is 7.34. The third-order valence-corrected chi connectivity index (χ3v) is 7.34. The van der Waals surface area contributed by atoms with E-state index >= 15 is 0 Å². The number of carbonyl (C=O) groups excluding carboxylic acids is 1. The van der Waals surface area contributed by atoms with Gasteiger partial charge in [-0.05, 0) is 70.4 Å². The smallest absolute Gasteiger partial charge is 0.286 e. The molecule has 0 radical (unpaired) electrons. The fourth-order valence-corrected chi connectivity index (χ4v) is 4.80. The summed E-state index contributed by atoms with van der Waals surface area (Å²) >= 11 is 0. The normalized spacial score (nSPS) is 21.7. The van der Waals surface area contributed by atoms with Crippen LogP contribution in [0.25, 0.3) is 0 Å². The van der Waals surface area contributed by atoms with Gasteiger partial charge in [0.15, 0.2) is 5.84 Å². The molecule has 1 amide bonds. The van der Waals surface area contributed by atoms with Crippen molar-refractivity contribution in [2.45, 2.75) is 70.8 Å². The van der Waals surface area contributed by atoms with Crippen molar-refractivity contribution in [2.24, 2.45) is 4.99 Å². The number of aliphatic imine (C=N–C) groups is 1. The lowest BCUT2D eigenvalue weighted by molar-refractivity contribution is -0.116. The number of nitrogens with zero attached hydrogens (tertiary/aromatic N) is 3. The highest BCUT2D eigenvalue weighted by Gasteiger charge is 2.45. The van der Waals surface area contributed by atoms with E-state index in [1.54, 1.807) is 13.2 Å². The Balaban J connectivity index is 0.000000425. The molecule has 0 bridgehead atoms. The van der Waals surface area contributed by atoms with Crippen molar-refractivity contribution in [3.05, 3.63) is 61.0 Å². The molecule has 2 aliphatic rings. The summed E-state index contributed by atoms with van der Waals surface area (Å²) in [6, 6.07) is 9.22. The number of benzene rings is 1. The van der Waals surface area contributed by atoms with E-state index in [1.165, 1.54) is 58.1 Å². The number of ether oxygens (including phenoxy) is 1. The molecule has 1 saturated heterocycles. The molecule has 3 unspecified atom stereocenters. The molecular weight excluding hydrogens is 507 g/mol. The Hall–Kier alpha value is -2.59. The minimum atomic E-state index is -0.730. The Labute approximate surface area is 241 Å². The van der Waals surface area contributed by atoms with Crippen LogP contribution in [0, 0.1) is 0 Å². The van der Waals surface area contributed by atoms with Gasteiger partial charge in [0.05, 0.1) is 24.5 Å². The average molecular weight is 559 g/mol. The first-order valence-electron chi connectivity index (χ1n) is 14.7. The van der Waals surface area contributed by atoms with Crippen LogP contribution in [0.5, 0.6) is 0 Å². The molecule has 8 nitrogen and oxygen atoms in total. The molecule has 0 aliphatic carbocycles. The van der Waals surface area contributed by atoms with Crippen LogP contribution >= 0.6 is 0 Å². The van der Waals surface area contributed by atoms with Crippen LogP contribution in [0.15, 0.2) is 60.4 Å². The summed E-state index contributed by atoms with van der Waals surface area (Å²) < 4.78 is 18.4. The Kier molecular flexibility index (Phi) is 15.7. The highest BCUT2D eigenvalue weighted by Crippen LogP contribution is 2.33. The first-order chi connectivity index (χ1) is 19.4. The number of halogens is 1. The molecule has 3 atom stereocenters. The second-order valence-electron chi connectivity index (χ2n) is 10.4. The van der Waals surface area contributed by atoms with Crippen molar-refractivity contribution in [3.63, 3.8) is 0 Å². The van der Waals surface area contributed by atoms with Gasteiger partial charge >= 0.3 is 0 Å². The monoisotopic (exact) mass is 558 g/mol. The van der Waals surface area contributed by atoms with Crippen molar-refractivity contribution in [1.82, 2.24) is 25.8 Å². The van der Waals surface area contributed by atoms with Crippen molar-refractivity contribution >= 4 is 11.7 Å². The minimum absolute atomic E-state index is 0.254. The van der Waals surface area contributed by atoms with Gasteiger partial charge in [0.2, 0.25) is 0 Å². The van der Waals surface area contributed by atoms with Crippen LogP contribution in [0.1, 0.15) is 52.0 Å². The van der Waals surface area contributed by atoms with E-state index in [4.69, 9.17) is 4.74 Å². The van der Waals surface area contributed by atoms with Gasteiger partial charge in [0.25, 0.3) is 5.91 Å². The van der Waals surface area contributed by atoms with E-state index in [1.807, 2.05) is 42.2 Å². The first-order valence-corrected chi connectivity index (χ1v) is 14.7. The first kappa shape index (κ1) is 33.6. The quantitative estimate of drug-likeness (QED) is 0.162. The number of hydrogen-bond donors (Lipinski definition) is 3. The van der Waals surface area contributed by atoms with E-state index in [0.29, 0.717) is 19.4 Å². The zero-order chi connectivity index (χ0) is 29.2. The predicted molar refractivity (Wildman–Crippen MR) is 163 cm³/mol. The summed E-state index contributed by atoms with van der Waals surface area (Å²) in [5.41, 5.74) is 0.289. The maximum absolute atomic E-state index is 13.0. The van der Waals surface area contributed by atoms with Crippen LogP contribution in [-0.2, 0) is 16.1 Å². The summed E-state index contributed by atoms with van der Waals surface area (Å²) in [6.07, 6.45) is 8.26. The van der Waals surface area contributed by atoms with Gasteiger partial charge in [-0.25, -0.2) is 4.39 Å². The Bertz CT molecular complexity index is 922. The predicted octanol–water partition coefficient (Wildman–Crippen LogP) is 3.87. The van der Waals surface area contributed by atoms with Crippen LogP contribution in [0.4, 0.5) is 4.39 Å². The molecule has 40 heavy (non-hydrogen) atoms. The maximum atomic E-state index is 13.0. The number of amides is 1. The zero-order valence-electron chi connectivity index (χ0n) is 25.0. The summed E-state index contributed by atoms with van der Waals surface area (Å²) in [7, 11) is 1.59. The van der Waals surface area contributed by atoms with Gasteiger partial charge in [-0.15, -0.1) is 6.58 Å². The number of rotatable bonds is 16. The molecule has 3 rings (SSSR count). The molecular formula is C31H51FN6O2. The molecule has 1 aromatic rings. The standard InChI is InChI=1S/C22H31FN4O2.C9H20N2/c1-5-14-24-19(29-4)15-25-21(28)20-26-18(12-13-23)22(3,6-2)27(20)16-17-10-8-7-9-11-17;1-2-5-10-6-9-11-7-3-4-8-11/h6-13,18-19,24H,2,5,14-16H2,1,3-4H3,(H,25,28);10H,2-9H2,1H3/b13-12+;. The molecule has 0 aromatic heterocycles. The minimum Gasteiger partial charge on any atom is -0.365 e. The number of amidine groups is 1. The Morgan fingerprint density at radius 2 is 1.90 bits per heavy atom. The number of methoxy groups -OCH3 is 1.